The van der Waals surface area contributed by atoms with E-state index in [1.165, 1.54) is 4.88 Å². The maximum absolute atomic E-state index is 5.86. The molecule has 0 aliphatic carbocycles. The van der Waals surface area contributed by atoms with Gasteiger partial charge in [0.1, 0.15) is 0 Å². The van der Waals surface area contributed by atoms with Crippen molar-refractivity contribution in [1.82, 2.24) is 5.32 Å². The smallest absolute Gasteiger partial charge is 0.0931 e. The first-order valence-corrected chi connectivity index (χ1v) is 6.50. The van der Waals surface area contributed by atoms with E-state index in [4.69, 9.17) is 11.6 Å². The molecule has 1 N–H and O–H groups in total. The summed E-state index contributed by atoms with van der Waals surface area (Å²) in [5.41, 5.74) is 0. The standard InChI is InChI=1S/C12H18ClNS/c1-3-4-5-10(2)14-9-8-11-6-7-12(13)15-11/h3,6-7,10,14H,1,4-5,8-9H2,2H3. The van der Waals surface area contributed by atoms with Gasteiger partial charge in [0.05, 0.1) is 4.34 Å². The van der Waals surface area contributed by atoms with Crippen molar-refractivity contribution in [3.05, 3.63) is 34.0 Å². The van der Waals surface area contributed by atoms with Crippen molar-refractivity contribution in [3.63, 3.8) is 0 Å². The number of halogens is 1. The summed E-state index contributed by atoms with van der Waals surface area (Å²) in [6.45, 7) is 6.96. The molecule has 1 atom stereocenters. The highest BCUT2D eigenvalue weighted by molar-refractivity contribution is 7.16. The molecule has 84 valence electrons. The second kappa shape index (κ2) is 7.04. The normalized spacial score (nSPS) is 12.7. The van der Waals surface area contributed by atoms with E-state index in [1.54, 1.807) is 11.3 Å². The predicted molar refractivity (Wildman–Crippen MR) is 69.9 cm³/mol. The minimum atomic E-state index is 0.568. The number of rotatable bonds is 7. The Kier molecular flexibility index (Phi) is 5.99. The average Bonchev–Trinajstić information content (AvgIpc) is 2.61. The Morgan fingerprint density at radius 1 is 1.60 bits per heavy atom. The van der Waals surface area contributed by atoms with Crippen molar-refractivity contribution in [1.29, 1.82) is 0 Å². The largest absolute Gasteiger partial charge is 0.314 e. The third-order valence-corrected chi connectivity index (χ3v) is 3.59. The lowest BCUT2D eigenvalue weighted by atomic mass is 10.2. The van der Waals surface area contributed by atoms with Gasteiger partial charge in [-0.3, -0.25) is 0 Å². The maximum atomic E-state index is 5.86. The molecule has 0 radical (unpaired) electrons. The van der Waals surface area contributed by atoms with E-state index < -0.39 is 0 Å². The number of allylic oxidation sites excluding steroid dienone is 1. The van der Waals surface area contributed by atoms with Crippen LogP contribution in [0.4, 0.5) is 0 Å². The van der Waals surface area contributed by atoms with Crippen LogP contribution in [-0.2, 0) is 6.42 Å². The molecular weight excluding hydrogens is 226 g/mol. The van der Waals surface area contributed by atoms with Gasteiger partial charge in [0, 0.05) is 17.5 Å². The van der Waals surface area contributed by atoms with Gasteiger partial charge in [0.15, 0.2) is 0 Å². The van der Waals surface area contributed by atoms with Crippen molar-refractivity contribution in [2.75, 3.05) is 6.54 Å². The summed E-state index contributed by atoms with van der Waals surface area (Å²) in [4.78, 5) is 1.35. The zero-order valence-electron chi connectivity index (χ0n) is 9.13. The van der Waals surface area contributed by atoms with Gasteiger partial charge in [-0.1, -0.05) is 17.7 Å². The van der Waals surface area contributed by atoms with Gasteiger partial charge in [-0.2, -0.15) is 0 Å². The molecular formula is C12H18ClNS. The lowest BCUT2D eigenvalue weighted by Gasteiger charge is -2.11. The Morgan fingerprint density at radius 3 is 3.00 bits per heavy atom. The Balaban J connectivity index is 2.13. The summed E-state index contributed by atoms with van der Waals surface area (Å²) >= 11 is 7.52. The van der Waals surface area contributed by atoms with Gasteiger partial charge in [0.2, 0.25) is 0 Å². The van der Waals surface area contributed by atoms with Crippen LogP contribution in [-0.4, -0.2) is 12.6 Å². The van der Waals surface area contributed by atoms with Gasteiger partial charge >= 0.3 is 0 Å². The lowest BCUT2D eigenvalue weighted by Crippen LogP contribution is -2.27. The highest BCUT2D eigenvalue weighted by Crippen LogP contribution is 2.21. The molecule has 1 heterocycles. The molecule has 0 bridgehead atoms. The summed E-state index contributed by atoms with van der Waals surface area (Å²) in [7, 11) is 0. The van der Waals surface area contributed by atoms with Crippen molar-refractivity contribution in [3.8, 4) is 0 Å². The fourth-order valence-corrected chi connectivity index (χ4v) is 2.48. The number of hydrogen-bond acceptors (Lipinski definition) is 2. The van der Waals surface area contributed by atoms with Gasteiger partial charge in [-0.25, -0.2) is 0 Å². The average molecular weight is 244 g/mol. The van der Waals surface area contributed by atoms with E-state index in [-0.39, 0.29) is 0 Å². The SMILES string of the molecule is C=CCCC(C)NCCc1ccc(Cl)s1. The summed E-state index contributed by atoms with van der Waals surface area (Å²) in [6.07, 6.45) is 5.28. The molecule has 1 aromatic heterocycles. The lowest BCUT2D eigenvalue weighted by molar-refractivity contribution is 0.522. The molecule has 0 amide bonds. The second-order valence-corrected chi connectivity index (χ2v) is 5.48. The quantitative estimate of drug-likeness (QED) is 0.717. The van der Waals surface area contributed by atoms with Crippen LogP contribution in [0.1, 0.15) is 24.6 Å². The molecule has 0 aromatic carbocycles. The first-order valence-electron chi connectivity index (χ1n) is 5.31. The van der Waals surface area contributed by atoms with E-state index >= 15 is 0 Å². The van der Waals surface area contributed by atoms with Crippen LogP contribution in [0.5, 0.6) is 0 Å². The number of hydrogen-bond donors (Lipinski definition) is 1. The zero-order chi connectivity index (χ0) is 11.1. The van der Waals surface area contributed by atoms with Crippen molar-refractivity contribution in [2.24, 2.45) is 0 Å². The van der Waals surface area contributed by atoms with Crippen LogP contribution in [0, 0.1) is 0 Å². The van der Waals surface area contributed by atoms with Crippen molar-refractivity contribution < 1.29 is 0 Å². The van der Waals surface area contributed by atoms with Crippen molar-refractivity contribution in [2.45, 2.75) is 32.2 Å². The Labute approximate surface area is 101 Å². The zero-order valence-corrected chi connectivity index (χ0v) is 10.7. The fourth-order valence-electron chi connectivity index (χ4n) is 1.40. The first-order chi connectivity index (χ1) is 7.22. The van der Waals surface area contributed by atoms with Crippen molar-refractivity contribution >= 4 is 22.9 Å². The summed E-state index contributed by atoms with van der Waals surface area (Å²) in [6, 6.07) is 4.63. The molecule has 1 aromatic rings. The summed E-state index contributed by atoms with van der Waals surface area (Å²) < 4.78 is 0.879. The number of nitrogens with one attached hydrogen (secondary N) is 1. The Hall–Kier alpha value is -0.310. The van der Waals surface area contributed by atoms with E-state index in [0.717, 1.165) is 30.1 Å². The summed E-state index contributed by atoms with van der Waals surface area (Å²) in [5.74, 6) is 0. The Bertz CT molecular complexity index is 296. The third-order valence-electron chi connectivity index (χ3n) is 2.30. The van der Waals surface area contributed by atoms with E-state index in [0.29, 0.717) is 6.04 Å². The third kappa shape index (κ3) is 5.36. The van der Waals surface area contributed by atoms with E-state index in [1.807, 2.05) is 12.1 Å². The molecule has 0 fully saturated rings. The van der Waals surface area contributed by atoms with Gasteiger partial charge in [-0.15, -0.1) is 17.9 Å². The predicted octanol–water partition coefficient (Wildman–Crippen LogP) is 3.89. The van der Waals surface area contributed by atoms with Crippen LogP contribution in [0.25, 0.3) is 0 Å². The topological polar surface area (TPSA) is 12.0 Å². The highest BCUT2D eigenvalue weighted by Gasteiger charge is 2.01. The molecule has 0 aliphatic rings. The van der Waals surface area contributed by atoms with Crippen LogP contribution in [0.2, 0.25) is 4.34 Å². The van der Waals surface area contributed by atoms with Gasteiger partial charge in [-0.05, 0) is 38.3 Å². The first kappa shape index (κ1) is 12.8. The Morgan fingerprint density at radius 2 is 2.40 bits per heavy atom. The maximum Gasteiger partial charge on any atom is 0.0931 e. The molecule has 0 saturated heterocycles. The molecule has 15 heavy (non-hydrogen) atoms. The monoisotopic (exact) mass is 243 g/mol. The van der Waals surface area contributed by atoms with E-state index in [9.17, 15) is 0 Å². The van der Waals surface area contributed by atoms with Crippen LogP contribution in [0.3, 0.4) is 0 Å². The van der Waals surface area contributed by atoms with Gasteiger partial charge in [0.25, 0.3) is 0 Å². The minimum Gasteiger partial charge on any atom is -0.314 e. The molecule has 1 nitrogen and oxygen atoms in total. The molecule has 0 aliphatic heterocycles. The molecule has 0 saturated carbocycles. The fraction of sp³-hybridized carbons (Fsp3) is 0.500. The molecule has 3 heteroatoms. The molecule has 1 unspecified atom stereocenters. The van der Waals surface area contributed by atoms with Crippen LogP contribution >= 0.6 is 22.9 Å². The van der Waals surface area contributed by atoms with Crippen LogP contribution in [0.15, 0.2) is 24.8 Å². The van der Waals surface area contributed by atoms with E-state index in [2.05, 4.69) is 24.9 Å². The van der Waals surface area contributed by atoms with Crippen LogP contribution < -0.4 is 5.32 Å². The second-order valence-electron chi connectivity index (χ2n) is 3.68. The minimum absolute atomic E-state index is 0.568. The van der Waals surface area contributed by atoms with Gasteiger partial charge < -0.3 is 5.32 Å². The molecule has 0 spiro atoms. The molecule has 1 rings (SSSR count). The highest BCUT2D eigenvalue weighted by atomic mass is 35.5. The number of thiophene rings is 1. The summed E-state index contributed by atoms with van der Waals surface area (Å²) in [5, 5.41) is 3.49.